The number of aromatic hydroxyl groups is 1. The number of phenolic OH excluding ortho intramolecular Hbond substituents is 1. The van der Waals surface area contributed by atoms with Gasteiger partial charge in [-0.25, -0.2) is 0 Å². The third-order valence-corrected chi connectivity index (χ3v) is 1.73. The molecule has 0 amide bonds. The van der Waals surface area contributed by atoms with Gasteiger partial charge in [0.05, 0.1) is 0 Å². The van der Waals surface area contributed by atoms with Crippen LogP contribution in [0.3, 0.4) is 0 Å². The number of benzene rings is 1. The van der Waals surface area contributed by atoms with Crippen molar-refractivity contribution in [2.24, 2.45) is 0 Å². The van der Waals surface area contributed by atoms with Crippen LogP contribution in [0.1, 0.15) is 11.1 Å². The van der Waals surface area contributed by atoms with Crippen LogP contribution in [-0.2, 0) is 0 Å². The second-order valence-electron chi connectivity index (χ2n) is 2.11. The molecule has 0 fully saturated rings. The first-order chi connectivity index (χ1) is 4.75. The fourth-order valence-corrected chi connectivity index (χ4v) is 1.02. The zero-order valence-electron chi connectivity index (χ0n) is 5.66. The van der Waals surface area contributed by atoms with E-state index >= 15 is 0 Å². The first-order valence-corrected chi connectivity index (χ1v) is 3.46. The van der Waals surface area contributed by atoms with E-state index in [0.29, 0.717) is 5.75 Å². The van der Waals surface area contributed by atoms with E-state index in [2.05, 4.69) is 0 Å². The van der Waals surface area contributed by atoms with Crippen LogP contribution in [0.2, 0.25) is 0 Å². The number of hydrogen-bond acceptors (Lipinski definition) is 2. The van der Waals surface area contributed by atoms with Crippen LogP contribution in [0.25, 0.3) is 0 Å². The van der Waals surface area contributed by atoms with Crippen molar-refractivity contribution in [1.29, 1.82) is 0 Å². The number of phenols is 1. The van der Waals surface area contributed by atoms with Crippen LogP contribution < -0.4 is 0 Å². The molecule has 10 heavy (non-hydrogen) atoms. The van der Waals surface area contributed by atoms with Crippen molar-refractivity contribution in [2.75, 3.05) is 0 Å². The quantitative estimate of drug-likeness (QED) is 0.621. The summed E-state index contributed by atoms with van der Waals surface area (Å²) in [5, 5.41) is 10.7. The molecule has 1 N–H and O–H groups in total. The summed E-state index contributed by atoms with van der Waals surface area (Å²) in [5.41, 5.74) is 1.76. The summed E-state index contributed by atoms with van der Waals surface area (Å²) in [6, 6.07) is 5.31. The monoisotopic (exact) mass is 152 g/mol. The normalized spacial score (nSPS) is 9.30. The molecule has 1 rings (SSSR count). The standard InChI is InChI=1S/C8H8OS/c1-6-7(5-10)3-2-4-8(6)9/h2-5,9H,1H3. The average Bonchev–Trinajstić information content (AvgIpc) is 1.95. The van der Waals surface area contributed by atoms with Gasteiger partial charge in [-0.3, -0.25) is 0 Å². The molecule has 0 saturated carbocycles. The SMILES string of the molecule is Cc1c(O)cccc1C=S. The summed E-state index contributed by atoms with van der Waals surface area (Å²) in [6.45, 7) is 1.84. The second-order valence-corrected chi connectivity index (χ2v) is 2.34. The summed E-state index contributed by atoms with van der Waals surface area (Å²) in [7, 11) is 0. The molecule has 0 aliphatic rings. The maximum atomic E-state index is 9.16. The van der Waals surface area contributed by atoms with Crippen molar-refractivity contribution in [3.63, 3.8) is 0 Å². The fraction of sp³-hybridized carbons (Fsp3) is 0.125. The second kappa shape index (κ2) is 2.80. The topological polar surface area (TPSA) is 20.2 Å². The molecule has 1 nitrogen and oxygen atoms in total. The van der Waals surface area contributed by atoms with Crippen LogP contribution in [0, 0.1) is 6.92 Å². The van der Waals surface area contributed by atoms with Crippen LogP contribution in [0.5, 0.6) is 5.75 Å². The van der Waals surface area contributed by atoms with Gasteiger partial charge >= 0.3 is 0 Å². The lowest BCUT2D eigenvalue weighted by Gasteiger charge is -1.99. The summed E-state index contributed by atoms with van der Waals surface area (Å²) >= 11 is 4.73. The zero-order valence-corrected chi connectivity index (χ0v) is 6.48. The predicted octanol–water partition coefficient (Wildman–Crippen LogP) is 2.05. The lowest BCUT2D eigenvalue weighted by Crippen LogP contribution is -1.83. The van der Waals surface area contributed by atoms with Gasteiger partial charge in [0.1, 0.15) is 5.75 Å². The summed E-state index contributed by atoms with van der Waals surface area (Å²) in [6.07, 6.45) is 0. The molecule has 0 saturated heterocycles. The fourth-order valence-electron chi connectivity index (χ4n) is 0.768. The highest BCUT2D eigenvalue weighted by Gasteiger charge is 1.97. The van der Waals surface area contributed by atoms with E-state index in [1.807, 2.05) is 13.0 Å². The smallest absolute Gasteiger partial charge is 0.119 e. The highest BCUT2D eigenvalue weighted by atomic mass is 32.1. The largest absolute Gasteiger partial charge is 0.508 e. The molecule has 0 aliphatic carbocycles. The van der Waals surface area contributed by atoms with Crippen molar-refractivity contribution < 1.29 is 5.11 Å². The molecule has 0 aromatic heterocycles. The van der Waals surface area contributed by atoms with E-state index in [1.165, 1.54) is 0 Å². The first kappa shape index (κ1) is 7.22. The molecule has 0 spiro atoms. The minimum Gasteiger partial charge on any atom is -0.508 e. The summed E-state index contributed by atoms with van der Waals surface area (Å²) in [5.74, 6) is 0.304. The molecule has 0 heterocycles. The Morgan fingerprint density at radius 2 is 2.20 bits per heavy atom. The molecule has 0 atom stereocenters. The molecule has 2 heteroatoms. The average molecular weight is 152 g/mol. The number of thiocarbonyl (C=S) groups is 1. The number of hydrogen-bond donors (Lipinski definition) is 1. The van der Waals surface area contributed by atoms with E-state index in [1.54, 1.807) is 17.5 Å². The van der Waals surface area contributed by atoms with E-state index < -0.39 is 0 Å². The van der Waals surface area contributed by atoms with E-state index in [9.17, 15) is 0 Å². The van der Waals surface area contributed by atoms with Crippen LogP contribution in [0.4, 0.5) is 0 Å². The summed E-state index contributed by atoms with van der Waals surface area (Å²) < 4.78 is 0. The maximum Gasteiger partial charge on any atom is 0.119 e. The van der Waals surface area contributed by atoms with Gasteiger partial charge in [-0.15, -0.1) is 0 Å². The molecule has 52 valence electrons. The lowest BCUT2D eigenvalue weighted by molar-refractivity contribution is 0.471. The molecular weight excluding hydrogens is 144 g/mol. The highest BCUT2D eigenvalue weighted by Crippen LogP contribution is 2.17. The Morgan fingerprint density at radius 1 is 1.50 bits per heavy atom. The maximum absolute atomic E-state index is 9.16. The minimum atomic E-state index is 0.304. The Morgan fingerprint density at radius 3 is 2.70 bits per heavy atom. The minimum absolute atomic E-state index is 0.304. The predicted molar refractivity (Wildman–Crippen MR) is 45.6 cm³/mol. The van der Waals surface area contributed by atoms with Crippen molar-refractivity contribution >= 4 is 17.6 Å². The van der Waals surface area contributed by atoms with Gasteiger partial charge in [0.15, 0.2) is 0 Å². The van der Waals surface area contributed by atoms with Gasteiger partial charge in [0, 0.05) is 5.37 Å². The van der Waals surface area contributed by atoms with Crippen LogP contribution in [-0.4, -0.2) is 10.5 Å². The molecule has 0 radical (unpaired) electrons. The lowest BCUT2D eigenvalue weighted by atomic mass is 10.1. The Labute approximate surface area is 65.3 Å². The van der Waals surface area contributed by atoms with Crippen LogP contribution in [0.15, 0.2) is 18.2 Å². The highest BCUT2D eigenvalue weighted by molar-refractivity contribution is 7.79. The third kappa shape index (κ3) is 1.16. The number of rotatable bonds is 1. The van der Waals surface area contributed by atoms with Crippen LogP contribution >= 0.6 is 12.2 Å². The van der Waals surface area contributed by atoms with E-state index in [4.69, 9.17) is 17.3 Å². The van der Waals surface area contributed by atoms with E-state index in [-0.39, 0.29) is 0 Å². The Balaban J connectivity index is 3.27. The van der Waals surface area contributed by atoms with Crippen molar-refractivity contribution in [3.8, 4) is 5.75 Å². The van der Waals surface area contributed by atoms with Gasteiger partial charge in [0.25, 0.3) is 0 Å². The summed E-state index contributed by atoms with van der Waals surface area (Å²) in [4.78, 5) is 0. The zero-order chi connectivity index (χ0) is 7.56. The first-order valence-electron chi connectivity index (χ1n) is 2.99. The van der Waals surface area contributed by atoms with Gasteiger partial charge in [-0.05, 0) is 24.1 Å². The van der Waals surface area contributed by atoms with Crippen molar-refractivity contribution in [1.82, 2.24) is 0 Å². The molecule has 0 unspecified atom stereocenters. The van der Waals surface area contributed by atoms with E-state index in [0.717, 1.165) is 11.1 Å². The molecule has 0 bridgehead atoms. The molecule has 1 aromatic carbocycles. The molecule has 1 aromatic rings. The Hall–Kier alpha value is -0.890. The van der Waals surface area contributed by atoms with Gasteiger partial charge in [-0.1, -0.05) is 24.4 Å². The Kier molecular flexibility index (Phi) is 2.02. The third-order valence-electron chi connectivity index (χ3n) is 1.47. The molecular formula is C8H8OS. The van der Waals surface area contributed by atoms with Crippen molar-refractivity contribution in [2.45, 2.75) is 6.92 Å². The van der Waals surface area contributed by atoms with Gasteiger partial charge in [-0.2, -0.15) is 0 Å². The molecule has 0 aliphatic heterocycles. The van der Waals surface area contributed by atoms with Crippen molar-refractivity contribution in [3.05, 3.63) is 29.3 Å². The Bertz CT molecular complexity index is 255. The van der Waals surface area contributed by atoms with Gasteiger partial charge in [0.2, 0.25) is 0 Å². The van der Waals surface area contributed by atoms with Gasteiger partial charge < -0.3 is 5.11 Å².